The van der Waals surface area contributed by atoms with E-state index in [9.17, 15) is 4.79 Å². The molecule has 1 saturated heterocycles. The number of nitrogens with zero attached hydrogens (tertiary/aromatic N) is 2. The summed E-state index contributed by atoms with van der Waals surface area (Å²) in [6.45, 7) is 2.03. The first kappa shape index (κ1) is 15.8. The molecule has 25 heavy (non-hydrogen) atoms. The Morgan fingerprint density at radius 1 is 1.12 bits per heavy atom. The molecule has 1 unspecified atom stereocenters. The van der Waals surface area contributed by atoms with Crippen LogP contribution < -0.4 is 5.32 Å². The number of fused-ring (bicyclic) bond motifs is 1. The van der Waals surface area contributed by atoms with Crippen molar-refractivity contribution in [2.75, 3.05) is 13.1 Å². The normalized spacial score (nSPS) is 15.8. The van der Waals surface area contributed by atoms with Crippen molar-refractivity contribution < 1.29 is 9.21 Å². The molecular weight excluding hydrogens is 314 g/mol. The minimum Gasteiger partial charge on any atom is -0.439 e. The third kappa shape index (κ3) is 3.56. The standard InChI is InChI=1S/C20H21N3O2/c24-20-11-6-12-23(20)14-17(15-7-2-1-3-8-15)21-13-19-22-16-9-4-5-10-18(16)25-19/h1-5,7-10,17,21H,6,11-14H2. The van der Waals surface area contributed by atoms with Gasteiger partial charge in [-0.25, -0.2) is 4.98 Å². The first-order valence-electron chi connectivity index (χ1n) is 8.70. The molecule has 0 spiro atoms. The summed E-state index contributed by atoms with van der Waals surface area (Å²) in [6, 6.07) is 18.0. The van der Waals surface area contributed by atoms with Gasteiger partial charge in [0.05, 0.1) is 12.6 Å². The maximum Gasteiger partial charge on any atom is 0.222 e. The van der Waals surface area contributed by atoms with Gasteiger partial charge in [-0.05, 0) is 24.1 Å². The molecule has 0 aliphatic carbocycles. The maximum absolute atomic E-state index is 12.0. The molecule has 5 nitrogen and oxygen atoms in total. The molecule has 1 amide bonds. The summed E-state index contributed by atoms with van der Waals surface area (Å²) in [5.74, 6) is 0.902. The Morgan fingerprint density at radius 2 is 1.92 bits per heavy atom. The summed E-state index contributed by atoms with van der Waals surface area (Å²) in [5, 5.41) is 3.51. The van der Waals surface area contributed by atoms with Crippen molar-refractivity contribution in [1.29, 1.82) is 0 Å². The number of benzene rings is 2. The highest BCUT2D eigenvalue weighted by Gasteiger charge is 2.24. The van der Waals surface area contributed by atoms with Crippen LogP contribution in [0.15, 0.2) is 59.0 Å². The van der Waals surface area contributed by atoms with Gasteiger partial charge in [0.15, 0.2) is 5.58 Å². The monoisotopic (exact) mass is 335 g/mol. The smallest absolute Gasteiger partial charge is 0.222 e. The van der Waals surface area contributed by atoms with Crippen molar-refractivity contribution in [3.63, 3.8) is 0 Å². The molecule has 1 atom stereocenters. The van der Waals surface area contributed by atoms with Gasteiger partial charge in [0.25, 0.3) is 0 Å². The molecule has 1 aromatic heterocycles. The van der Waals surface area contributed by atoms with Crippen LogP contribution in [0.2, 0.25) is 0 Å². The fourth-order valence-electron chi connectivity index (χ4n) is 3.30. The number of carbonyl (C=O) groups is 1. The molecule has 128 valence electrons. The lowest BCUT2D eigenvalue weighted by molar-refractivity contribution is -0.128. The van der Waals surface area contributed by atoms with Gasteiger partial charge in [-0.2, -0.15) is 0 Å². The van der Waals surface area contributed by atoms with Crippen molar-refractivity contribution in [2.45, 2.75) is 25.4 Å². The second-order valence-electron chi connectivity index (χ2n) is 6.36. The second-order valence-corrected chi connectivity index (χ2v) is 6.36. The predicted molar refractivity (Wildman–Crippen MR) is 95.8 cm³/mol. The van der Waals surface area contributed by atoms with Crippen molar-refractivity contribution in [2.24, 2.45) is 0 Å². The summed E-state index contributed by atoms with van der Waals surface area (Å²) >= 11 is 0. The summed E-state index contributed by atoms with van der Waals surface area (Å²) in [6.07, 6.45) is 1.61. The van der Waals surface area contributed by atoms with Crippen LogP contribution in [-0.4, -0.2) is 28.9 Å². The summed E-state index contributed by atoms with van der Waals surface area (Å²) < 4.78 is 5.79. The lowest BCUT2D eigenvalue weighted by Gasteiger charge is -2.24. The summed E-state index contributed by atoms with van der Waals surface area (Å²) in [4.78, 5) is 18.5. The quantitative estimate of drug-likeness (QED) is 0.751. The SMILES string of the molecule is O=C1CCCN1CC(NCc1nc2ccccc2o1)c1ccccc1. The van der Waals surface area contributed by atoms with Gasteiger partial charge in [0, 0.05) is 19.5 Å². The maximum atomic E-state index is 12.0. The molecule has 5 heteroatoms. The number of hydrogen-bond acceptors (Lipinski definition) is 4. The van der Waals surface area contributed by atoms with E-state index < -0.39 is 0 Å². The minimum atomic E-state index is 0.0539. The molecular formula is C20H21N3O2. The number of amides is 1. The Hall–Kier alpha value is -2.66. The molecule has 2 heterocycles. The lowest BCUT2D eigenvalue weighted by atomic mass is 10.1. The van der Waals surface area contributed by atoms with Gasteiger partial charge < -0.3 is 9.32 Å². The highest BCUT2D eigenvalue weighted by Crippen LogP contribution is 2.20. The molecule has 0 saturated carbocycles. The van der Waals surface area contributed by atoms with E-state index in [-0.39, 0.29) is 11.9 Å². The second kappa shape index (κ2) is 7.07. The zero-order valence-electron chi connectivity index (χ0n) is 14.0. The molecule has 3 aromatic rings. The van der Waals surface area contributed by atoms with Gasteiger partial charge >= 0.3 is 0 Å². The van der Waals surface area contributed by atoms with Crippen LogP contribution in [0.5, 0.6) is 0 Å². The number of hydrogen-bond donors (Lipinski definition) is 1. The van der Waals surface area contributed by atoms with Crippen LogP contribution in [-0.2, 0) is 11.3 Å². The molecule has 1 fully saturated rings. The van der Waals surface area contributed by atoms with E-state index >= 15 is 0 Å². The third-order valence-electron chi connectivity index (χ3n) is 4.61. The van der Waals surface area contributed by atoms with Crippen molar-refractivity contribution in [3.8, 4) is 0 Å². The van der Waals surface area contributed by atoms with E-state index in [2.05, 4.69) is 22.4 Å². The molecule has 2 aromatic carbocycles. The lowest BCUT2D eigenvalue weighted by Crippen LogP contribution is -2.35. The zero-order chi connectivity index (χ0) is 17.1. The molecule has 1 aliphatic rings. The van der Waals surface area contributed by atoms with Crippen LogP contribution in [0.25, 0.3) is 11.1 Å². The molecule has 4 rings (SSSR count). The van der Waals surface area contributed by atoms with Crippen LogP contribution in [0.3, 0.4) is 0 Å². The number of carbonyl (C=O) groups excluding carboxylic acids is 1. The molecule has 0 radical (unpaired) electrons. The number of para-hydroxylation sites is 2. The topological polar surface area (TPSA) is 58.4 Å². The predicted octanol–water partition coefficient (Wildman–Crippen LogP) is 3.28. The van der Waals surface area contributed by atoms with Crippen LogP contribution >= 0.6 is 0 Å². The van der Waals surface area contributed by atoms with Gasteiger partial charge in [0.1, 0.15) is 5.52 Å². The molecule has 1 N–H and O–H groups in total. The van der Waals surface area contributed by atoms with E-state index in [1.807, 2.05) is 47.4 Å². The van der Waals surface area contributed by atoms with E-state index in [0.29, 0.717) is 25.4 Å². The largest absolute Gasteiger partial charge is 0.439 e. The summed E-state index contributed by atoms with van der Waals surface area (Å²) in [5.41, 5.74) is 2.83. The van der Waals surface area contributed by atoms with Gasteiger partial charge in [-0.1, -0.05) is 42.5 Å². The van der Waals surface area contributed by atoms with Crippen LogP contribution in [0.1, 0.15) is 30.3 Å². The Labute approximate surface area is 146 Å². The average molecular weight is 335 g/mol. The van der Waals surface area contributed by atoms with Crippen LogP contribution in [0, 0.1) is 0 Å². The first-order chi connectivity index (χ1) is 12.3. The number of aromatic nitrogens is 1. The average Bonchev–Trinajstić information content (AvgIpc) is 3.25. The van der Waals surface area contributed by atoms with E-state index in [0.717, 1.165) is 24.1 Å². The van der Waals surface area contributed by atoms with Crippen LogP contribution in [0.4, 0.5) is 0 Å². The zero-order valence-corrected chi connectivity index (χ0v) is 14.0. The van der Waals surface area contributed by atoms with Gasteiger partial charge in [-0.3, -0.25) is 10.1 Å². The Kier molecular flexibility index (Phi) is 4.48. The molecule has 1 aliphatic heterocycles. The van der Waals surface area contributed by atoms with E-state index in [4.69, 9.17) is 4.42 Å². The highest BCUT2D eigenvalue weighted by atomic mass is 16.3. The fourth-order valence-corrected chi connectivity index (χ4v) is 3.30. The minimum absolute atomic E-state index is 0.0539. The van der Waals surface area contributed by atoms with Gasteiger partial charge in [0.2, 0.25) is 11.8 Å². The van der Waals surface area contributed by atoms with E-state index in [1.165, 1.54) is 5.56 Å². The van der Waals surface area contributed by atoms with Crippen molar-refractivity contribution >= 4 is 17.0 Å². The number of nitrogens with one attached hydrogen (secondary N) is 1. The number of oxazole rings is 1. The Morgan fingerprint density at radius 3 is 2.68 bits per heavy atom. The van der Waals surface area contributed by atoms with E-state index in [1.54, 1.807) is 0 Å². The van der Waals surface area contributed by atoms with Gasteiger partial charge in [-0.15, -0.1) is 0 Å². The molecule has 0 bridgehead atoms. The highest BCUT2D eigenvalue weighted by molar-refractivity contribution is 5.78. The fraction of sp³-hybridized carbons (Fsp3) is 0.300. The Bertz CT molecular complexity index is 827. The van der Waals surface area contributed by atoms with Crippen molar-refractivity contribution in [3.05, 3.63) is 66.1 Å². The third-order valence-corrected chi connectivity index (χ3v) is 4.61. The number of rotatable bonds is 6. The number of likely N-dealkylation sites (tertiary alicyclic amines) is 1. The first-order valence-corrected chi connectivity index (χ1v) is 8.70. The van der Waals surface area contributed by atoms with Crippen molar-refractivity contribution in [1.82, 2.24) is 15.2 Å². The summed E-state index contributed by atoms with van der Waals surface area (Å²) in [7, 11) is 0. The Balaban J connectivity index is 1.50.